The zero-order chi connectivity index (χ0) is 19.5. The van der Waals surface area contributed by atoms with E-state index in [9.17, 15) is 9.59 Å². The molecule has 4 heteroatoms. The molecule has 0 amide bonds. The minimum atomic E-state index is -0.472. The predicted molar refractivity (Wildman–Crippen MR) is 106 cm³/mol. The Morgan fingerprint density at radius 2 is 1.68 bits per heavy atom. The maximum Gasteiger partial charge on any atom is 0.338 e. The van der Waals surface area contributed by atoms with Crippen LogP contribution in [0.2, 0.25) is 0 Å². The highest BCUT2D eigenvalue weighted by Crippen LogP contribution is 2.51. The molecule has 2 aromatic rings. The molecular weight excluding hydrogens is 352 g/mol. The van der Waals surface area contributed by atoms with Gasteiger partial charge in [0.15, 0.2) is 12.4 Å². The van der Waals surface area contributed by atoms with E-state index in [1.54, 1.807) is 24.3 Å². The number of benzene rings is 2. The molecule has 2 aliphatic rings. The number of hydrogen-bond acceptors (Lipinski definition) is 4. The van der Waals surface area contributed by atoms with Gasteiger partial charge in [-0.1, -0.05) is 31.5 Å². The molecule has 0 heterocycles. The average Bonchev–Trinajstić information content (AvgIpc) is 3.36. The molecule has 0 aliphatic heterocycles. The number of esters is 1. The van der Waals surface area contributed by atoms with E-state index in [2.05, 4.69) is 0 Å². The SMILES string of the molecule is C[C@@H](C(=O)COC(=O)c1ccc(Oc2ccccc2)cc1)[C@@H]1C[C@H]2CC[C@H]1C2. The van der Waals surface area contributed by atoms with E-state index in [-0.39, 0.29) is 18.3 Å². The van der Waals surface area contributed by atoms with Gasteiger partial charge >= 0.3 is 5.97 Å². The van der Waals surface area contributed by atoms with Crippen molar-refractivity contribution >= 4 is 11.8 Å². The van der Waals surface area contributed by atoms with Crippen LogP contribution in [-0.2, 0) is 9.53 Å². The van der Waals surface area contributed by atoms with E-state index in [0.29, 0.717) is 23.1 Å². The van der Waals surface area contributed by atoms with Crippen molar-refractivity contribution in [1.82, 2.24) is 0 Å². The topological polar surface area (TPSA) is 52.6 Å². The molecule has 0 N–H and O–H groups in total. The first-order valence-corrected chi connectivity index (χ1v) is 10.1. The molecule has 2 fully saturated rings. The molecule has 28 heavy (non-hydrogen) atoms. The lowest BCUT2D eigenvalue weighted by Crippen LogP contribution is -2.29. The molecule has 2 aromatic carbocycles. The van der Waals surface area contributed by atoms with Gasteiger partial charge in [-0.25, -0.2) is 4.79 Å². The van der Waals surface area contributed by atoms with Gasteiger partial charge in [0.25, 0.3) is 0 Å². The molecule has 4 rings (SSSR count). The van der Waals surface area contributed by atoms with Gasteiger partial charge in [-0.15, -0.1) is 0 Å². The Hall–Kier alpha value is -2.62. The summed E-state index contributed by atoms with van der Waals surface area (Å²) < 4.78 is 11.0. The van der Waals surface area contributed by atoms with E-state index in [4.69, 9.17) is 9.47 Å². The van der Waals surface area contributed by atoms with Crippen LogP contribution in [0.1, 0.15) is 43.0 Å². The van der Waals surface area contributed by atoms with Gasteiger partial charge in [-0.3, -0.25) is 4.79 Å². The summed E-state index contributed by atoms with van der Waals surface area (Å²) in [6, 6.07) is 16.2. The molecule has 0 aromatic heterocycles. The Morgan fingerprint density at radius 1 is 0.964 bits per heavy atom. The normalized spacial score (nSPS) is 24.0. The van der Waals surface area contributed by atoms with Gasteiger partial charge in [0.1, 0.15) is 11.5 Å². The molecule has 0 saturated heterocycles. The van der Waals surface area contributed by atoms with Crippen LogP contribution in [0.4, 0.5) is 0 Å². The van der Waals surface area contributed by atoms with Crippen molar-refractivity contribution in [3.63, 3.8) is 0 Å². The third kappa shape index (κ3) is 4.11. The van der Waals surface area contributed by atoms with Gasteiger partial charge < -0.3 is 9.47 Å². The van der Waals surface area contributed by atoms with Gasteiger partial charge in [-0.05, 0) is 73.4 Å². The monoisotopic (exact) mass is 378 g/mol. The van der Waals surface area contributed by atoms with Crippen LogP contribution in [-0.4, -0.2) is 18.4 Å². The smallest absolute Gasteiger partial charge is 0.338 e. The number of para-hydroxylation sites is 1. The first-order chi connectivity index (χ1) is 13.6. The van der Waals surface area contributed by atoms with Crippen molar-refractivity contribution in [2.24, 2.45) is 23.7 Å². The summed E-state index contributed by atoms with van der Waals surface area (Å²) in [6.45, 7) is 1.85. The number of rotatable bonds is 7. The largest absolute Gasteiger partial charge is 0.457 e. The zero-order valence-corrected chi connectivity index (χ0v) is 16.2. The molecule has 4 nitrogen and oxygen atoms in total. The second-order valence-electron chi connectivity index (χ2n) is 8.11. The highest BCUT2D eigenvalue weighted by atomic mass is 16.5. The Labute approximate surface area is 165 Å². The average molecular weight is 378 g/mol. The van der Waals surface area contributed by atoms with Crippen LogP contribution in [0.25, 0.3) is 0 Å². The number of Topliss-reactive ketones (excluding diaryl/α,β-unsaturated/α-hetero) is 1. The quantitative estimate of drug-likeness (QED) is 0.615. The summed E-state index contributed by atoms with van der Waals surface area (Å²) in [5.41, 5.74) is 0.417. The molecule has 0 unspecified atom stereocenters. The van der Waals surface area contributed by atoms with Crippen molar-refractivity contribution in [1.29, 1.82) is 0 Å². The molecule has 146 valence electrons. The fourth-order valence-electron chi connectivity index (χ4n) is 4.78. The summed E-state index contributed by atoms with van der Waals surface area (Å²) in [5, 5.41) is 0. The lowest BCUT2D eigenvalue weighted by molar-refractivity contribution is -0.127. The van der Waals surface area contributed by atoms with Crippen LogP contribution in [0.5, 0.6) is 11.5 Å². The number of carbonyl (C=O) groups excluding carboxylic acids is 2. The zero-order valence-electron chi connectivity index (χ0n) is 16.2. The molecule has 0 radical (unpaired) electrons. The number of ether oxygens (including phenoxy) is 2. The Balaban J connectivity index is 1.28. The summed E-state index contributed by atoms with van der Waals surface area (Å²) in [4.78, 5) is 24.8. The first-order valence-electron chi connectivity index (χ1n) is 10.1. The van der Waals surface area contributed by atoms with Gasteiger partial charge in [0, 0.05) is 5.92 Å². The Bertz CT molecular complexity index is 827. The van der Waals surface area contributed by atoms with Crippen LogP contribution in [0.15, 0.2) is 54.6 Å². The third-order valence-electron chi connectivity index (χ3n) is 6.36. The first kappa shape index (κ1) is 18.7. The maximum absolute atomic E-state index is 12.5. The minimum absolute atomic E-state index is 0.0234. The fourth-order valence-corrected chi connectivity index (χ4v) is 4.78. The minimum Gasteiger partial charge on any atom is -0.457 e. The number of carbonyl (C=O) groups is 2. The van der Waals surface area contributed by atoms with Crippen molar-refractivity contribution < 1.29 is 19.1 Å². The van der Waals surface area contributed by atoms with E-state index >= 15 is 0 Å². The van der Waals surface area contributed by atoms with E-state index in [1.807, 2.05) is 37.3 Å². The molecule has 0 spiro atoms. The predicted octanol–water partition coefficient (Wildman–Crippen LogP) is 5.28. The van der Waals surface area contributed by atoms with Crippen molar-refractivity contribution in [2.75, 3.05) is 6.61 Å². The Morgan fingerprint density at radius 3 is 2.32 bits per heavy atom. The van der Waals surface area contributed by atoms with E-state index < -0.39 is 5.97 Å². The van der Waals surface area contributed by atoms with Gasteiger partial charge in [0.2, 0.25) is 0 Å². The van der Waals surface area contributed by atoms with Crippen LogP contribution in [0.3, 0.4) is 0 Å². The molecular formula is C24H26O4. The standard InChI is InChI=1S/C24H26O4/c1-16(22-14-17-7-8-19(22)13-17)23(25)15-27-24(26)18-9-11-21(12-10-18)28-20-5-3-2-4-6-20/h2-6,9-12,16-17,19,22H,7-8,13-15H2,1H3/t16-,17+,19+,22+/m1/s1. The van der Waals surface area contributed by atoms with E-state index in [1.165, 1.54) is 19.3 Å². The van der Waals surface area contributed by atoms with Crippen LogP contribution >= 0.6 is 0 Å². The maximum atomic E-state index is 12.5. The molecule has 2 aliphatic carbocycles. The number of hydrogen-bond donors (Lipinski definition) is 0. The summed E-state index contributed by atoms with van der Waals surface area (Å²) in [5.74, 6) is 2.89. The highest BCUT2D eigenvalue weighted by Gasteiger charge is 2.43. The summed E-state index contributed by atoms with van der Waals surface area (Å²) >= 11 is 0. The molecule has 2 saturated carbocycles. The summed E-state index contributed by atoms with van der Waals surface area (Å²) in [6.07, 6.45) is 5.01. The lowest BCUT2D eigenvalue weighted by Gasteiger charge is -2.26. The fraction of sp³-hybridized carbons (Fsp3) is 0.417. The molecule has 2 bridgehead atoms. The van der Waals surface area contributed by atoms with Crippen molar-refractivity contribution in [2.45, 2.75) is 32.6 Å². The Kier molecular flexibility index (Phi) is 5.47. The van der Waals surface area contributed by atoms with Gasteiger partial charge in [0.05, 0.1) is 5.56 Å². The second-order valence-corrected chi connectivity index (χ2v) is 8.11. The highest BCUT2D eigenvalue weighted by molar-refractivity contribution is 5.92. The molecule has 4 atom stereocenters. The number of ketones is 1. The van der Waals surface area contributed by atoms with Crippen LogP contribution < -0.4 is 4.74 Å². The van der Waals surface area contributed by atoms with Crippen molar-refractivity contribution in [3.05, 3.63) is 60.2 Å². The van der Waals surface area contributed by atoms with Gasteiger partial charge in [-0.2, -0.15) is 0 Å². The second kappa shape index (κ2) is 8.17. The van der Waals surface area contributed by atoms with E-state index in [0.717, 1.165) is 18.1 Å². The van der Waals surface area contributed by atoms with Crippen LogP contribution in [0, 0.1) is 23.7 Å². The lowest BCUT2D eigenvalue weighted by atomic mass is 9.78. The third-order valence-corrected chi connectivity index (χ3v) is 6.36. The number of fused-ring (bicyclic) bond motifs is 2. The van der Waals surface area contributed by atoms with Crippen molar-refractivity contribution in [3.8, 4) is 11.5 Å². The summed E-state index contributed by atoms with van der Waals surface area (Å²) in [7, 11) is 0.